The molecule has 0 spiro atoms. The second kappa shape index (κ2) is 7.72. The first-order valence-corrected chi connectivity index (χ1v) is 10.4. The van der Waals surface area contributed by atoms with Gasteiger partial charge in [-0.2, -0.15) is 0 Å². The number of hydrogen-bond donors (Lipinski definition) is 1. The molecule has 1 N–H and O–H groups in total. The molecular formula is C21H25N3O2S. The summed E-state index contributed by atoms with van der Waals surface area (Å²) in [6.45, 7) is 5.27. The van der Waals surface area contributed by atoms with Crippen LogP contribution < -0.4 is 5.32 Å². The van der Waals surface area contributed by atoms with E-state index >= 15 is 0 Å². The molecule has 0 fully saturated rings. The van der Waals surface area contributed by atoms with Crippen LogP contribution in [0.3, 0.4) is 0 Å². The number of aromatic nitrogens is 2. The Morgan fingerprint density at radius 3 is 2.96 bits per heavy atom. The molecule has 1 aliphatic carbocycles. The van der Waals surface area contributed by atoms with Gasteiger partial charge in [0, 0.05) is 29.2 Å². The molecule has 0 radical (unpaired) electrons. The molecule has 0 bridgehead atoms. The van der Waals surface area contributed by atoms with E-state index < -0.39 is 0 Å². The standard InChI is InChI=1S/C21H25N3O2S/c1-14-12-17(15(2)24(14)13-16-6-5-11-26-16)21(25)22-10-9-20-23-18-7-3-4-8-19(18)27-20/h5-6,11-12H,3-4,7-10,13H2,1-2H3,(H,22,25). The number of aryl methyl sites for hydroxylation is 3. The van der Waals surface area contributed by atoms with Crippen molar-refractivity contribution in [1.29, 1.82) is 0 Å². The Kier molecular flexibility index (Phi) is 5.16. The molecule has 0 saturated heterocycles. The highest BCUT2D eigenvalue weighted by Crippen LogP contribution is 2.26. The molecule has 5 nitrogen and oxygen atoms in total. The Labute approximate surface area is 163 Å². The minimum Gasteiger partial charge on any atom is -0.467 e. The van der Waals surface area contributed by atoms with Gasteiger partial charge in [-0.15, -0.1) is 11.3 Å². The third-order valence-electron chi connectivity index (χ3n) is 5.23. The molecule has 1 aliphatic rings. The van der Waals surface area contributed by atoms with Crippen molar-refractivity contribution in [2.45, 2.75) is 52.5 Å². The summed E-state index contributed by atoms with van der Waals surface area (Å²) < 4.78 is 7.55. The van der Waals surface area contributed by atoms with Crippen molar-refractivity contribution < 1.29 is 9.21 Å². The minimum absolute atomic E-state index is 0.0184. The molecule has 6 heteroatoms. The smallest absolute Gasteiger partial charge is 0.253 e. The Morgan fingerprint density at radius 1 is 1.33 bits per heavy atom. The lowest BCUT2D eigenvalue weighted by Gasteiger charge is -2.08. The maximum absolute atomic E-state index is 12.7. The maximum Gasteiger partial charge on any atom is 0.253 e. The van der Waals surface area contributed by atoms with Crippen molar-refractivity contribution in [1.82, 2.24) is 14.9 Å². The number of fused-ring (bicyclic) bond motifs is 1. The van der Waals surface area contributed by atoms with Gasteiger partial charge >= 0.3 is 0 Å². The molecule has 3 aromatic rings. The molecule has 0 unspecified atom stereocenters. The van der Waals surface area contributed by atoms with Crippen LogP contribution in [0.15, 0.2) is 28.9 Å². The number of hydrogen-bond acceptors (Lipinski definition) is 4. The van der Waals surface area contributed by atoms with Gasteiger partial charge in [0.15, 0.2) is 0 Å². The molecule has 0 saturated carbocycles. The van der Waals surface area contributed by atoms with Crippen molar-refractivity contribution in [2.75, 3.05) is 6.54 Å². The summed E-state index contributed by atoms with van der Waals surface area (Å²) in [6.07, 6.45) is 7.28. The third-order valence-corrected chi connectivity index (χ3v) is 6.44. The van der Waals surface area contributed by atoms with E-state index in [4.69, 9.17) is 9.40 Å². The maximum atomic E-state index is 12.7. The van der Waals surface area contributed by atoms with E-state index in [9.17, 15) is 4.79 Å². The average Bonchev–Trinajstić information content (AvgIpc) is 3.37. The van der Waals surface area contributed by atoms with Gasteiger partial charge in [0.25, 0.3) is 5.91 Å². The fourth-order valence-electron chi connectivity index (χ4n) is 3.72. The Balaban J connectivity index is 1.37. The number of furan rings is 1. The summed E-state index contributed by atoms with van der Waals surface area (Å²) >= 11 is 1.82. The zero-order chi connectivity index (χ0) is 18.8. The first-order chi connectivity index (χ1) is 13.1. The van der Waals surface area contributed by atoms with E-state index in [1.807, 2.05) is 43.4 Å². The first kappa shape index (κ1) is 18.0. The van der Waals surface area contributed by atoms with Crippen LogP contribution in [-0.2, 0) is 25.8 Å². The molecule has 142 valence electrons. The van der Waals surface area contributed by atoms with E-state index in [1.165, 1.54) is 29.8 Å². The van der Waals surface area contributed by atoms with Crippen molar-refractivity contribution in [3.63, 3.8) is 0 Å². The summed E-state index contributed by atoms with van der Waals surface area (Å²) in [7, 11) is 0. The van der Waals surface area contributed by atoms with Crippen molar-refractivity contribution in [3.8, 4) is 0 Å². The van der Waals surface area contributed by atoms with Gasteiger partial charge in [-0.3, -0.25) is 4.79 Å². The third kappa shape index (κ3) is 3.86. The molecule has 0 aromatic carbocycles. The number of amides is 1. The van der Waals surface area contributed by atoms with Crippen LogP contribution in [0.1, 0.15) is 55.9 Å². The number of thiazole rings is 1. The fraction of sp³-hybridized carbons (Fsp3) is 0.429. The quantitative estimate of drug-likeness (QED) is 0.698. The Bertz CT molecular complexity index is 914. The number of rotatable bonds is 6. The molecule has 4 rings (SSSR count). The molecule has 3 heterocycles. The molecular weight excluding hydrogens is 358 g/mol. The molecule has 0 atom stereocenters. The average molecular weight is 384 g/mol. The summed E-state index contributed by atoms with van der Waals surface area (Å²) in [4.78, 5) is 18.9. The highest BCUT2D eigenvalue weighted by molar-refractivity contribution is 7.11. The van der Waals surface area contributed by atoms with E-state index in [0.29, 0.717) is 13.1 Å². The summed E-state index contributed by atoms with van der Waals surface area (Å²) in [5.41, 5.74) is 4.04. The van der Waals surface area contributed by atoms with Crippen LogP contribution in [0.2, 0.25) is 0 Å². The van der Waals surface area contributed by atoms with Crippen LogP contribution in [0.5, 0.6) is 0 Å². The van der Waals surface area contributed by atoms with Gasteiger partial charge in [-0.25, -0.2) is 4.98 Å². The van der Waals surface area contributed by atoms with Crippen LogP contribution in [0.4, 0.5) is 0 Å². The lowest BCUT2D eigenvalue weighted by Crippen LogP contribution is -2.26. The Hall–Kier alpha value is -2.34. The van der Waals surface area contributed by atoms with Gasteiger partial charge in [-0.1, -0.05) is 0 Å². The van der Waals surface area contributed by atoms with Crippen LogP contribution in [0, 0.1) is 13.8 Å². The summed E-state index contributed by atoms with van der Waals surface area (Å²) in [5, 5.41) is 4.20. The van der Waals surface area contributed by atoms with E-state index in [1.54, 1.807) is 6.26 Å². The normalized spacial score (nSPS) is 13.6. The van der Waals surface area contributed by atoms with E-state index in [-0.39, 0.29) is 5.91 Å². The Morgan fingerprint density at radius 2 is 2.19 bits per heavy atom. The molecule has 3 aromatic heterocycles. The molecule has 1 amide bonds. The second-order valence-electron chi connectivity index (χ2n) is 7.14. The number of nitrogens with zero attached hydrogens (tertiary/aromatic N) is 2. The molecule has 27 heavy (non-hydrogen) atoms. The van der Waals surface area contributed by atoms with Crippen LogP contribution >= 0.6 is 11.3 Å². The monoisotopic (exact) mass is 383 g/mol. The second-order valence-corrected chi connectivity index (χ2v) is 8.31. The number of nitrogens with one attached hydrogen (secondary N) is 1. The predicted octanol–water partition coefficient (Wildman–Crippen LogP) is 4.05. The molecule has 0 aliphatic heterocycles. The zero-order valence-corrected chi connectivity index (χ0v) is 16.7. The van der Waals surface area contributed by atoms with Crippen LogP contribution in [0.25, 0.3) is 0 Å². The number of carbonyl (C=O) groups is 1. The van der Waals surface area contributed by atoms with Gasteiger partial charge < -0.3 is 14.3 Å². The topological polar surface area (TPSA) is 60.1 Å². The van der Waals surface area contributed by atoms with Crippen molar-refractivity contribution in [3.05, 3.63) is 62.8 Å². The van der Waals surface area contributed by atoms with Crippen molar-refractivity contribution in [2.24, 2.45) is 0 Å². The van der Waals surface area contributed by atoms with Gasteiger partial charge in [0.05, 0.1) is 29.1 Å². The van der Waals surface area contributed by atoms with Crippen molar-refractivity contribution >= 4 is 17.2 Å². The van der Waals surface area contributed by atoms with E-state index in [2.05, 4.69) is 9.88 Å². The van der Waals surface area contributed by atoms with Gasteiger partial charge in [0.1, 0.15) is 5.76 Å². The highest BCUT2D eigenvalue weighted by atomic mass is 32.1. The SMILES string of the molecule is Cc1cc(C(=O)NCCc2nc3c(s2)CCCC3)c(C)n1Cc1ccco1. The zero-order valence-electron chi connectivity index (χ0n) is 15.9. The van der Waals surface area contributed by atoms with Crippen LogP contribution in [-0.4, -0.2) is 22.0 Å². The minimum atomic E-state index is -0.0184. The highest BCUT2D eigenvalue weighted by Gasteiger charge is 2.17. The first-order valence-electron chi connectivity index (χ1n) is 9.56. The summed E-state index contributed by atoms with van der Waals surface area (Å²) in [6, 6.07) is 5.79. The predicted molar refractivity (Wildman–Crippen MR) is 107 cm³/mol. The van der Waals surface area contributed by atoms with Gasteiger partial charge in [0.2, 0.25) is 0 Å². The van der Waals surface area contributed by atoms with E-state index in [0.717, 1.165) is 40.6 Å². The fourth-order valence-corrected chi connectivity index (χ4v) is 4.88. The summed E-state index contributed by atoms with van der Waals surface area (Å²) in [5.74, 6) is 0.867. The number of carbonyl (C=O) groups excluding carboxylic acids is 1. The lowest BCUT2D eigenvalue weighted by molar-refractivity contribution is 0.0953. The van der Waals surface area contributed by atoms with Gasteiger partial charge in [-0.05, 0) is 57.7 Å². The largest absolute Gasteiger partial charge is 0.467 e. The lowest BCUT2D eigenvalue weighted by atomic mass is 10.0.